The summed E-state index contributed by atoms with van der Waals surface area (Å²) in [6, 6.07) is -1.13. The number of hydrogen-bond acceptors (Lipinski definition) is 6. The van der Waals surface area contributed by atoms with Gasteiger partial charge in [-0.3, -0.25) is 4.79 Å². The molecular weight excluding hydrogens is 320 g/mol. The van der Waals surface area contributed by atoms with Gasteiger partial charge < -0.3 is 15.4 Å². The molecule has 0 aromatic heterocycles. The third-order valence-corrected chi connectivity index (χ3v) is 7.60. The second kappa shape index (κ2) is 6.61. The summed E-state index contributed by atoms with van der Waals surface area (Å²) in [6.45, 7) is 6.40. The Morgan fingerprint density at radius 2 is 1.91 bits per heavy atom. The molecule has 1 amide bonds. The monoisotopic (exact) mass is 346 g/mol. The molecule has 0 aromatic carbocycles. The standard InChI is InChI=1S/C15H26N2O3S2/c1-14(2,3)11(16)12(18)17-9-15(21-6-5-7-22-15)8-10(17)13(19)20-4/h10-11H,5-9,16H2,1-4H3. The highest BCUT2D eigenvalue weighted by Gasteiger charge is 2.52. The molecule has 2 fully saturated rings. The van der Waals surface area contributed by atoms with Crippen molar-refractivity contribution in [2.24, 2.45) is 11.1 Å². The molecule has 2 saturated heterocycles. The number of nitrogens with zero attached hydrogens (tertiary/aromatic N) is 1. The summed E-state index contributed by atoms with van der Waals surface area (Å²) < 4.78 is 4.84. The Kier molecular flexibility index (Phi) is 5.39. The number of esters is 1. The zero-order valence-corrected chi connectivity index (χ0v) is 15.4. The van der Waals surface area contributed by atoms with Crippen molar-refractivity contribution >= 4 is 35.4 Å². The van der Waals surface area contributed by atoms with Gasteiger partial charge in [0, 0.05) is 13.0 Å². The van der Waals surface area contributed by atoms with E-state index in [1.54, 1.807) is 4.90 Å². The number of carbonyl (C=O) groups excluding carboxylic acids is 2. The lowest BCUT2D eigenvalue weighted by molar-refractivity contribution is -0.152. The Hall–Kier alpha value is -0.400. The fourth-order valence-corrected chi connectivity index (χ4v) is 6.14. The minimum atomic E-state index is -0.617. The zero-order valence-electron chi connectivity index (χ0n) is 13.8. The fourth-order valence-electron chi connectivity index (χ4n) is 2.79. The van der Waals surface area contributed by atoms with Crippen molar-refractivity contribution in [3.63, 3.8) is 0 Å². The van der Waals surface area contributed by atoms with Crippen LogP contribution < -0.4 is 5.73 Å². The third-order valence-electron chi connectivity index (χ3n) is 4.27. The smallest absolute Gasteiger partial charge is 0.328 e. The summed E-state index contributed by atoms with van der Waals surface area (Å²) >= 11 is 3.73. The average Bonchev–Trinajstić information content (AvgIpc) is 2.84. The van der Waals surface area contributed by atoms with Crippen molar-refractivity contribution in [2.45, 2.75) is 49.8 Å². The van der Waals surface area contributed by atoms with Gasteiger partial charge in [0.2, 0.25) is 5.91 Å². The molecule has 2 aliphatic heterocycles. The quantitative estimate of drug-likeness (QED) is 0.767. The lowest BCUT2D eigenvalue weighted by Crippen LogP contribution is -2.53. The molecular formula is C15H26N2O3S2. The summed E-state index contributed by atoms with van der Waals surface area (Å²) in [5, 5.41) is 0. The number of carbonyl (C=O) groups is 2. The third kappa shape index (κ3) is 3.57. The molecule has 0 bridgehead atoms. The van der Waals surface area contributed by atoms with Crippen molar-refractivity contribution in [3.05, 3.63) is 0 Å². The van der Waals surface area contributed by atoms with Crippen molar-refractivity contribution < 1.29 is 14.3 Å². The molecule has 5 nitrogen and oxygen atoms in total. The van der Waals surface area contributed by atoms with Gasteiger partial charge in [-0.25, -0.2) is 4.79 Å². The number of amides is 1. The predicted octanol–water partition coefficient (Wildman–Crippen LogP) is 1.70. The van der Waals surface area contributed by atoms with Crippen LogP contribution >= 0.6 is 23.5 Å². The highest BCUT2D eigenvalue weighted by Crippen LogP contribution is 2.50. The van der Waals surface area contributed by atoms with E-state index in [-0.39, 0.29) is 21.4 Å². The molecule has 0 saturated carbocycles. The summed E-state index contributed by atoms with van der Waals surface area (Å²) in [5.41, 5.74) is 5.81. The first-order valence-electron chi connectivity index (χ1n) is 7.62. The van der Waals surface area contributed by atoms with Gasteiger partial charge in [-0.05, 0) is 23.3 Å². The lowest BCUT2D eigenvalue weighted by atomic mass is 9.86. The van der Waals surface area contributed by atoms with Gasteiger partial charge >= 0.3 is 5.97 Å². The summed E-state index contributed by atoms with van der Waals surface area (Å²) in [5.74, 6) is 1.67. The number of rotatable bonds is 2. The molecule has 126 valence electrons. The van der Waals surface area contributed by atoms with Crippen molar-refractivity contribution in [1.29, 1.82) is 0 Å². The maximum Gasteiger partial charge on any atom is 0.328 e. The van der Waals surface area contributed by atoms with Gasteiger partial charge in [0.25, 0.3) is 0 Å². The van der Waals surface area contributed by atoms with Crippen LogP contribution in [0.4, 0.5) is 0 Å². The van der Waals surface area contributed by atoms with Crippen LogP contribution in [0.1, 0.15) is 33.6 Å². The first-order chi connectivity index (χ1) is 10.2. The van der Waals surface area contributed by atoms with Crippen LogP contribution in [-0.4, -0.2) is 58.1 Å². The van der Waals surface area contributed by atoms with Crippen molar-refractivity contribution in [2.75, 3.05) is 25.2 Å². The maximum absolute atomic E-state index is 12.8. The second-order valence-corrected chi connectivity index (χ2v) is 10.2. The van der Waals surface area contributed by atoms with Crippen LogP contribution in [0.5, 0.6) is 0 Å². The van der Waals surface area contributed by atoms with E-state index in [1.807, 2.05) is 44.3 Å². The van der Waals surface area contributed by atoms with Crippen LogP contribution in [0, 0.1) is 5.41 Å². The van der Waals surface area contributed by atoms with Crippen LogP contribution in [-0.2, 0) is 14.3 Å². The van der Waals surface area contributed by atoms with Gasteiger partial charge in [-0.1, -0.05) is 20.8 Å². The van der Waals surface area contributed by atoms with Crippen molar-refractivity contribution in [3.8, 4) is 0 Å². The molecule has 2 unspecified atom stereocenters. The Balaban J connectivity index is 2.22. The molecule has 2 heterocycles. The highest BCUT2D eigenvalue weighted by molar-refractivity contribution is 8.18. The van der Waals surface area contributed by atoms with Crippen molar-refractivity contribution in [1.82, 2.24) is 4.90 Å². The van der Waals surface area contributed by atoms with E-state index >= 15 is 0 Å². The summed E-state index contributed by atoms with van der Waals surface area (Å²) in [4.78, 5) is 26.6. The van der Waals surface area contributed by atoms with E-state index < -0.39 is 12.1 Å². The molecule has 2 rings (SSSR count). The van der Waals surface area contributed by atoms with Gasteiger partial charge in [-0.2, -0.15) is 0 Å². The first-order valence-corrected chi connectivity index (χ1v) is 9.59. The van der Waals surface area contributed by atoms with Crippen LogP contribution in [0.3, 0.4) is 0 Å². The number of thioether (sulfide) groups is 2. The SMILES string of the molecule is COC(=O)C1CC2(CN1C(=O)C(N)C(C)(C)C)SCCCS2. The predicted molar refractivity (Wildman–Crippen MR) is 91.8 cm³/mol. The van der Waals surface area contributed by atoms with E-state index in [1.165, 1.54) is 13.5 Å². The maximum atomic E-state index is 12.8. The topological polar surface area (TPSA) is 72.6 Å². The van der Waals surface area contributed by atoms with Crippen LogP contribution in [0.25, 0.3) is 0 Å². The molecule has 22 heavy (non-hydrogen) atoms. The number of ether oxygens (including phenoxy) is 1. The Morgan fingerprint density at radius 1 is 1.32 bits per heavy atom. The lowest BCUT2D eigenvalue weighted by Gasteiger charge is -2.34. The minimum absolute atomic E-state index is 0.0790. The molecule has 0 radical (unpaired) electrons. The Labute approximate surface area is 141 Å². The number of likely N-dealkylation sites (tertiary alicyclic amines) is 1. The Morgan fingerprint density at radius 3 is 2.41 bits per heavy atom. The molecule has 2 aliphatic rings. The van der Waals surface area contributed by atoms with E-state index in [4.69, 9.17) is 10.5 Å². The Bertz CT molecular complexity index is 445. The average molecular weight is 347 g/mol. The zero-order chi connectivity index (χ0) is 16.5. The fraction of sp³-hybridized carbons (Fsp3) is 0.867. The normalized spacial score (nSPS) is 26.0. The van der Waals surface area contributed by atoms with Gasteiger partial charge in [0.1, 0.15) is 6.04 Å². The summed E-state index contributed by atoms with van der Waals surface area (Å²) in [7, 11) is 1.38. The van der Waals surface area contributed by atoms with E-state index in [2.05, 4.69) is 0 Å². The molecule has 7 heteroatoms. The van der Waals surface area contributed by atoms with Gasteiger partial charge in [-0.15, -0.1) is 23.5 Å². The molecule has 0 aromatic rings. The number of hydrogen-bond donors (Lipinski definition) is 1. The highest BCUT2D eigenvalue weighted by atomic mass is 32.2. The van der Waals surface area contributed by atoms with Crippen LogP contribution in [0.2, 0.25) is 0 Å². The second-order valence-electron chi connectivity index (χ2n) is 7.01. The number of methoxy groups -OCH3 is 1. The summed E-state index contributed by atoms with van der Waals surface area (Å²) in [6.07, 6.45) is 1.83. The van der Waals surface area contributed by atoms with E-state index in [0.29, 0.717) is 13.0 Å². The van der Waals surface area contributed by atoms with Crippen LogP contribution in [0.15, 0.2) is 0 Å². The number of nitrogens with two attached hydrogens (primary N) is 1. The minimum Gasteiger partial charge on any atom is -0.467 e. The molecule has 2 atom stereocenters. The van der Waals surface area contributed by atoms with Gasteiger partial charge in [0.15, 0.2) is 0 Å². The molecule has 0 aliphatic carbocycles. The molecule has 1 spiro atoms. The van der Waals surface area contributed by atoms with E-state index in [9.17, 15) is 9.59 Å². The molecule has 2 N–H and O–H groups in total. The van der Waals surface area contributed by atoms with Gasteiger partial charge in [0.05, 0.1) is 17.2 Å². The largest absolute Gasteiger partial charge is 0.467 e. The first kappa shape index (κ1) is 17.9. The van der Waals surface area contributed by atoms with E-state index in [0.717, 1.165) is 11.5 Å².